The quantitative estimate of drug-likeness (QED) is 0.285. The molecule has 1 N–H and O–H groups in total. The SMILES string of the molecule is O=C(NN1C(=O)/C(=C/c2cccc3ccccc23)SC1=S)C(c1ccccc1)c1ccccc1. The van der Waals surface area contributed by atoms with E-state index in [0.717, 1.165) is 27.5 Å². The predicted octanol–water partition coefficient (Wildman–Crippen LogP) is 5.90. The molecule has 2 amide bonds. The summed E-state index contributed by atoms with van der Waals surface area (Å²) in [5.74, 6) is -1.23. The minimum absolute atomic E-state index is 0.296. The van der Waals surface area contributed by atoms with E-state index in [0.29, 0.717) is 9.23 Å². The first kappa shape index (κ1) is 22.1. The zero-order chi connectivity index (χ0) is 23.5. The van der Waals surface area contributed by atoms with Gasteiger partial charge in [-0.3, -0.25) is 15.0 Å². The van der Waals surface area contributed by atoms with E-state index in [9.17, 15) is 9.59 Å². The van der Waals surface area contributed by atoms with Crippen molar-refractivity contribution in [3.63, 3.8) is 0 Å². The lowest BCUT2D eigenvalue weighted by Crippen LogP contribution is -2.46. The second-order valence-electron chi connectivity index (χ2n) is 7.82. The molecule has 1 aliphatic heterocycles. The summed E-state index contributed by atoms with van der Waals surface area (Å²) < 4.78 is 0.296. The van der Waals surface area contributed by atoms with E-state index >= 15 is 0 Å². The highest BCUT2D eigenvalue weighted by Gasteiger charge is 2.35. The van der Waals surface area contributed by atoms with Gasteiger partial charge in [-0.2, -0.15) is 5.01 Å². The van der Waals surface area contributed by atoms with E-state index in [1.54, 1.807) is 0 Å². The van der Waals surface area contributed by atoms with Gasteiger partial charge in [0.1, 0.15) is 0 Å². The van der Waals surface area contributed by atoms with Crippen molar-refractivity contribution in [1.29, 1.82) is 0 Å². The maximum Gasteiger partial charge on any atom is 0.285 e. The van der Waals surface area contributed by atoms with E-state index in [4.69, 9.17) is 12.2 Å². The molecule has 0 unspecified atom stereocenters. The van der Waals surface area contributed by atoms with Gasteiger partial charge in [0.15, 0.2) is 4.32 Å². The Morgan fingerprint density at radius 1 is 0.824 bits per heavy atom. The zero-order valence-electron chi connectivity index (χ0n) is 18.0. The molecule has 0 bridgehead atoms. The number of fused-ring (bicyclic) bond motifs is 1. The van der Waals surface area contributed by atoms with E-state index in [2.05, 4.69) is 5.43 Å². The molecular weight excluding hydrogens is 460 g/mol. The summed E-state index contributed by atoms with van der Waals surface area (Å²) in [6.45, 7) is 0. The molecule has 1 heterocycles. The molecule has 4 aromatic carbocycles. The van der Waals surface area contributed by atoms with Crippen LogP contribution in [0.1, 0.15) is 22.6 Å². The van der Waals surface area contributed by atoms with Crippen LogP contribution in [0.3, 0.4) is 0 Å². The summed E-state index contributed by atoms with van der Waals surface area (Å²) in [6, 6.07) is 33.0. The van der Waals surface area contributed by atoms with Gasteiger partial charge in [0.2, 0.25) is 0 Å². The normalized spacial score (nSPS) is 14.9. The monoisotopic (exact) mass is 480 g/mol. The fourth-order valence-electron chi connectivity index (χ4n) is 4.04. The Bertz CT molecular complexity index is 1370. The summed E-state index contributed by atoms with van der Waals surface area (Å²) >= 11 is 6.64. The second-order valence-corrected chi connectivity index (χ2v) is 9.49. The average Bonchev–Trinajstić information content (AvgIpc) is 3.13. The third-order valence-electron chi connectivity index (χ3n) is 5.65. The Kier molecular flexibility index (Phi) is 6.25. The largest absolute Gasteiger partial charge is 0.285 e. The highest BCUT2D eigenvalue weighted by atomic mass is 32.2. The number of carbonyl (C=O) groups is 2. The smallest absolute Gasteiger partial charge is 0.272 e. The molecule has 1 saturated heterocycles. The number of carbonyl (C=O) groups excluding carboxylic acids is 2. The van der Waals surface area contributed by atoms with Crippen LogP contribution < -0.4 is 5.43 Å². The molecule has 0 atom stereocenters. The number of thiocarbonyl (C=S) groups is 1. The van der Waals surface area contributed by atoms with Crippen molar-refractivity contribution in [2.24, 2.45) is 0 Å². The van der Waals surface area contributed by atoms with Crippen molar-refractivity contribution < 1.29 is 9.59 Å². The molecule has 34 heavy (non-hydrogen) atoms. The Balaban J connectivity index is 1.43. The number of nitrogens with one attached hydrogen (secondary N) is 1. The summed E-state index contributed by atoms with van der Waals surface area (Å²) in [5.41, 5.74) is 5.37. The number of amides is 2. The van der Waals surface area contributed by atoms with Crippen LogP contribution >= 0.6 is 24.0 Å². The van der Waals surface area contributed by atoms with Gasteiger partial charge in [-0.05, 0) is 45.8 Å². The second kappa shape index (κ2) is 9.63. The first-order valence-electron chi connectivity index (χ1n) is 10.8. The van der Waals surface area contributed by atoms with Gasteiger partial charge in [0.05, 0.1) is 10.8 Å². The topological polar surface area (TPSA) is 49.4 Å². The average molecular weight is 481 g/mol. The van der Waals surface area contributed by atoms with Crippen molar-refractivity contribution in [2.45, 2.75) is 5.92 Å². The number of hydrogen-bond acceptors (Lipinski definition) is 4. The Labute approximate surface area is 207 Å². The fourth-order valence-corrected chi connectivity index (χ4v) is 5.21. The zero-order valence-corrected chi connectivity index (χ0v) is 19.7. The molecule has 1 fully saturated rings. The van der Waals surface area contributed by atoms with Crippen molar-refractivity contribution in [3.05, 3.63) is 125 Å². The van der Waals surface area contributed by atoms with Crippen LogP contribution in [-0.4, -0.2) is 21.1 Å². The van der Waals surface area contributed by atoms with Crippen LogP contribution in [0.2, 0.25) is 0 Å². The standard InChI is InChI=1S/C28H20N2O2S2/c31-26(25(20-11-3-1-4-12-20)21-13-5-2-6-14-21)29-30-27(32)24(34-28(30)33)18-22-16-9-15-19-10-7-8-17-23(19)22/h1-18,25H,(H,29,31)/b24-18-. The molecule has 0 spiro atoms. The highest BCUT2D eigenvalue weighted by molar-refractivity contribution is 8.26. The van der Waals surface area contributed by atoms with E-state index < -0.39 is 5.92 Å². The van der Waals surface area contributed by atoms with Crippen LogP contribution in [0.25, 0.3) is 16.8 Å². The van der Waals surface area contributed by atoms with E-state index in [-0.39, 0.29) is 11.8 Å². The van der Waals surface area contributed by atoms with Gasteiger partial charge in [0, 0.05) is 0 Å². The summed E-state index contributed by atoms with van der Waals surface area (Å²) in [6.07, 6.45) is 1.83. The van der Waals surface area contributed by atoms with Gasteiger partial charge < -0.3 is 0 Å². The minimum atomic E-state index is -0.575. The maximum absolute atomic E-state index is 13.4. The summed E-state index contributed by atoms with van der Waals surface area (Å²) in [4.78, 5) is 27.1. The molecule has 0 radical (unpaired) electrons. The van der Waals surface area contributed by atoms with Crippen LogP contribution in [0.15, 0.2) is 108 Å². The molecule has 6 heteroatoms. The van der Waals surface area contributed by atoms with E-state index in [1.807, 2.05) is 109 Å². The molecule has 5 rings (SSSR count). The third kappa shape index (κ3) is 4.38. The van der Waals surface area contributed by atoms with Crippen molar-refractivity contribution in [1.82, 2.24) is 10.4 Å². The number of thioether (sulfide) groups is 1. The Morgan fingerprint density at radius 3 is 2.09 bits per heavy atom. The highest BCUT2D eigenvalue weighted by Crippen LogP contribution is 2.34. The lowest BCUT2D eigenvalue weighted by atomic mass is 9.91. The molecule has 0 aromatic heterocycles. The lowest BCUT2D eigenvalue weighted by Gasteiger charge is -2.22. The minimum Gasteiger partial charge on any atom is -0.272 e. The van der Waals surface area contributed by atoms with Gasteiger partial charge >= 0.3 is 0 Å². The molecular formula is C28H20N2O2S2. The number of nitrogens with zero attached hydrogens (tertiary/aromatic N) is 1. The third-order valence-corrected chi connectivity index (χ3v) is 6.96. The lowest BCUT2D eigenvalue weighted by molar-refractivity contribution is -0.133. The summed E-state index contributed by atoms with van der Waals surface area (Å²) in [5, 5.41) is 3.32. The Morgan fingerprint density at radius 2 is 1.41 bits per heavy atom. The van der Waals surface area contributed by atoms with Gasteiger partial charge in [-0.1, -0.05) is 115 Å². The van der Waals surface area contributed by atoms with Crippen LogP contribution in [0.4, 0.5) is 0 Å². The molecule has 4 nitrogen and oxygen atoms in total. The molecule has 166 valence electrons. The Hall–Kier alpha value is -3.74. The first-order chi connectivity index (χ1) is 16.6. The van der Waals surface area contributed by atoms with Crippen molar-refractivity contribution >= 4 is 57.0 Å². The number of benzene rings is 4. The van der Waals surface area contributed by atoms with Gasteiger partial charge in [0.25, 0.3) is 11.8 Å². The number of rotatable bonds is 5. The number of hydrazine groups is 1. The van der Waals surface area contributed by atoms with Gasteiger partial charge in [-0.25, -0.2) is 0 Å². The van der Waals surface area contributed by atoms with Gasteiger partial charge in [-0.15, -0.1) is 0 Å². The van der Waals surface area contributed by atoms with Crippen LogP contribution in [0.5, 0.6) is 0 Å². The first-order valence-corrected chi connectivity index (χ1v) is 12.0. The number of hydrogen-bond donors (Lipinski definition) is 1. The molecule has 4 aromatic rings. The maximum atomic E-state index is 13.4. The van der Waals surface area contributed by atoms with Crippen molar-refractivity contribution in [3.8, 4) is 0 Å². The van der Waals surface area contributed by atoms with Crippen molar-refractivity contribution in [2.75, 3.05) is 0 Å². The van der Waals surface area contributed by atoms with Crippen LogP contribution in [0, 0.1) is 0 Å². The fraction of sp³-hybridized carbons (Fsp3) is 0.0357. The predicted molar refractivity (Wildman–Crippen MR) is 142 cm³/mol. The van der Waals surface area contributed by atoms with Crippen LogP contribution in [-0.2, 0) is 9.59 Å². The van der Waals surface area contributed by atoms with E-state index in [1.165, 1.54) is 16.8 Å². The molecule has 1 aliphatic rings. The molecule has 0 saturated carbocycles. The summed E-state index contributed by atoms with van der Waals surface area (Å²) in [7, 11) is 0. The molecule has 0 aliphatic carbocycles.